The number of benzene rings is 6. The second-order valence-electron chi connectivity index (χ2n) is 11.0. The smallest absolute Gasteiger partial charge is 0.0544 e. The largest absolute Gasteiger partial charge is 0.354 e. The maximum Gasteiger partial charge on any atom is 0.0544 e. The molecule has 8 aromatic rings. The molecule has 0 aliphatic rings. The molecule has 0 aliphatic heterocycles. The van der Waals surface area contributed by atoms with E-state index in [2.05, 4.69) is 156 Å². The van der Waals surface area contributed by atoms with E-state index in [1.54, 1.807) is 0 Å². The van der Waals surface area contributed by atoms with Crippen LogP contribution in [0.5, 0.6) is 0 Å². The van der Waals surface area contributed by atoms with Crippen LogP contribution in [0.25, 0.3) is 83.6 Å². The molecule has 0 atom stereocenters. The van der Waals surface area contributed by atoms with Crippen LogP contribution in [0.3, 0.4) is 0 Å². The summed E-state index contributed by atoms with van der Waals surface area (Å²) in [6, 6.07) is 46.2. The van der Waals surface area contributed by atoms with Crippen LogP contribution < -0.4 is 0 Å². The van der Waals surface area contributed by atoms with E-state index in [9.17, 15) is 0 Å². The molecule has 0 saturated carbocycles. The Kier molecular flexibility index (Phi) is 5.87. The average molecular weight is 551 g/mol. The van der Waals surface area contributed by atoms with Gasteiger partial charge in [-0.05, 0) is 83.1 Å². The fraction of sp³-hybridized carbons (Fsp3) is 0.0244. The van der Waals surface area contributed by atoms with Crippen LogP contribution in [0.15, 0.2) is 140 Å². The Labute approximate surface area is 250 Å². The van der Waals surface area contributed by atoms with Crippen molar-refractivity contribution in [1.82, 2.24) is 9.55 Å². The molecule has 8 rings (SSSR count). The van der Waals surface area contributed by atoms with Gasteiger partial charge in [0.1, 0.15) is 0 Å². The summed E-state index contributed by atoms with van der Waals surface area (Å²) in [5, 5.41) is 6.16. The number of rotatable bonds is 5. The highest BCUT2D eigenvalue weighted by molar-refractivity contribution is 6.15. The average Bonchev–Trinajstić information content (AvgIpc) is 3.59. The molecule has 0 aliphatic carbocycles. The minimum Gasteiger partial charge on any atom is -0.354 e. The summed E-state index contributed by atoms with van der Waals surface area (Å²) in [5.74, 6) is 0. The highest BCUT2D eigenvalue weighted by atomic mass is 15.0. The second-order valence-corrected chi connectivity index (χ2v) is 11.0. The van der Waals surface area contributed by atoms with Gasteiger partial charge in [0.15, 0.2) is 0 Å². The number of aromatic nitrogens is 2. The summed E-state index contributed by atoms with van der Waals surface area (Å²) in [6.45, 7) is 6.19. The molecule has 2 heteroatoms. The molecule has 0 saturated heterocycles. The van der Waals surface area contributed by atoms with Crippen molar-refractivity contribution in [3.05, 3.63) is 151 Å². The van der Waals surface area contributed by atoms with Crippen LogP contribution in [0, 0.1) is 0 Å². The van der Waals surface area contributed by atoms with Crippen LogP contribution in [-0.4, -0.2) is 9.55 Å². The molecule has 0 amide bonds. The third-order valence-corrected chi connectivity index (χ3v) is 8.62. The Morgan fingerprint density at radius 3 is 2.09 bits per heavy atom. The lowest BCUT2D eigenvalue weighted by Crippen LogP contribution is -1.92. The number of allylic oxidation sites excluding steroid dienone is 1. The summed E-state index contributed by atoms with van der Waals surface area (Å²) in [7, 11) is 0. The highest BCUT2D eigenvalue weighted by Crippen LogP contribution is 2.40. The molecule has 0 fully saturated rings. The van der Waals surface area contributed by atoms with Gasteiger partial charge in [-0.2, -0.15) is 0 Å². The molecular formula is C41H30N2. The number of para-hydroxylation sites is 2. The number of hydrogen-bond donors (Lipinski definition) is 1. The van der Waals surface area contributed by atoms with Crippen LogP contribution in [0.4, 0.5) is 0 Å². The molecule has 2 nitrogen and oxygen atoms in total. The molecular weight excluding hydrogens is 520 g/mol. The second kappa shape index (κ2) is 10.0. The van der Waals surface area contributed by atoms with Crippen molar-refractivity contribution in [2.75, 3.05) is 0 Å². The van der Waals surface area contributed by atoms with Crippen molar-refractivity contribution in [3.63, 3.8) is 0 Å². The van der Waals surface area contributed by atoms with E-state index in [1.807, 2.05) is 13.0 Å². The number of H-pyrrole nitrogens is 1. The molecule has 43 heavy (non-hydrogen) atoms. The lowest BCUT2D eigenvalue weighted by atomic mass is 9.92. The summed E-state index contributed by atoms with van der Waals surface area (Å²) in [6.07, 6.45) is 6.15. The predicted octanol–water partition coefficient (Wildman–Crippen LogP) is 11.4. The van der Waals surface area contributed by atoms with Gasteiger partial charge in [-0.3, -0.25) is 0 Å². The topological polar surface area (TPSA) is 20.7 Å². The minimum absolute atomic E-state index is 1.09. The van der Waals surface area contributed by atoms with Gasteiger partial charge in [-0.25, -0.2) is 0 Å². The van der Waals surface area contributed by atoms with Crippen molar-refractivity contribution >= 4 is 55.6 Å². The number of nitrogens with zero attached hydrogens (tertiary/aromatic N) is 1. The monoisotopic (exact) mass is 550 g/mol. The van der Waals surface area contributed by atoms with Crippen LogP contribution >= 0.6 is 0 Å². The first-order valence-corrected chi connectivity index (χ1v) is 14.8. The highest BCUT2D eigenvalue weighted by Gasteiger charge is 2.16. The Hall–Kier alpha value is -5.60. The summed E-state index contributed by atoms with van der Waals surface area (Å²) >= 11 is 0. The summed E-state index contributed by atoms with van der Waals surface area (Å²) in [5.41, 5.74) is 11.8. The van der Waals surface area contributed by atoms with Crippen molar-refractivity contribution in [2.45, 2.75) is 6.92 Å². The normalized spacial score (nSPS) is 11.8. The number of fused-ring (bicyclic) bond motifs is 6. The van der Waals surface area contributed by atoms with Gasteiger partial charge in [-0.15, -0.1) is 0 Å². The van der Waals surface area contributed by atoms with Crippen molar-refractivity contribution in [1.29, 1.82) is 0 Å². The number of hydrogen-bond acceptors (Lipinski definition) is 0. The minimum atomic E-state index is 1.09. The molecule has 0 radical (unpaired) electrons. The number of nitrogens with one attached hydrogen (secondary N) is 1. The molecule has 2 aromatic heterocycles. The first-order chi connectivity index (χ1) is 21.2. The predicted molar refractivity (Wildman–Crippen MR) is 186 cm³/mol. The van der Waals surface area contributed by atoms with E-state index in [0.717, 1.165) is 16.8 Å². The van der Waals surface area contributed by atoms with E-state index in [4.69, 9.17) is 0 Å². The van der Waals surface area contributed by atoms with E-state index < -0.39 is 0 Å². The van der Waals surface area contributed by atoms with E-state index in [0.29, 0.717) is 0 Å². The molecule has 2 heterocycles. The van der Waals surface area contributed by atoms with E-state index in [1.165, 1.54) is 65.9 Å². The molecule has 0 bridgehead atoms. The fourth-order valence-corrected chi connectivity index (χ4v) is 6.70. The maximum atomic E-state index is 4.14. The Morgan fingerprint density at radius 2 is 1.28 bits per heavy atom. The standard InChI is InChI=1S/C41H30N2/c1-3-13-38-31(4-2)37-26-35(32-18-8-9-20-34(32)41(37)42-38)29-15-12-14-27(24-29)28-22-23-40-36(25-28)33-19-10-11-21-39(33)43(40)30-16-6-5-7-17-30/h3-26,42H,2H2,1H3/b13-3-. The quantitative estimate of drug-likeness (QED) is 0.220. The summed E-state index contributed by atoms with van der Waals surface area (Å²) in [4.78, 5) is 3.66. The van der Waals surface area contributed by atoms with Gasteiger partial charge in [0.25, 0.3) is 0 Å². The lowest BCUT2D eigenvalue weighted by Gasteiger charge is -2.12. The van der Waals surface area contributed by atoms with Gasteiger partial charge in [0, 0.05) is 38.5 Å². The third-order valence-electron chi connectivity index (χ3n) is 8.62. The van der Waals surface area contributed by atoms with Gasteiger partial charge in [-0.1, -0.05) is 104 Å². The molecule has 6 aromatic carbocycles. The molecule has 0 spiro atoms. The maximum absolute atomic E-state index is 4.14. The first-order valence-electron chi connectivity index (χ1n) is 14.8. The first kappa shape index (κ1) is 25.1. The van der Waals surface area contributed by atoms with Crippen LogP contribution in [0.1, 0.15) is 18.2 Å². The molecule has 1 N–H and O–H groups in total. The van der Waals surface area contributed by atoms with Gasteiger partial charge < -0.3 is 9.55 Å². The van der Waals surface area contributed by atoms with E-state index >= 15 is 0 Å². The third kappa shape index (κ3) is 3.95. The van der Waals surface area contributed by atoms with Crippen LogP contribution in [-0.2, 0) is 0 Å². The fourth-order valence-electron chi connectivity index (χ4n) is 6.70. The SMILES string of the molecule is C=Cc1c(/C=C\C)[nH]c2c1cc(-c1cccc(-c3ccc4c(c3)c3ccccc3n4-c3ccccc3)c1)c1ccccc12. The molecule has 0 unspecified atom stereocenters. The zero-order valence-electron chi connectivity index (χ0n) is 24.0. The van der Waals surface area contributed by atoms with Gasteiger partial charge in [0.2, 0.25) is 0 Å². The van der Waals surface area contributed by atoms with Crippen molar-refractivity contribution < 1.29 is 0 Å². The Balaban J connectivity index is 1.32. The zero-order chi connectivity index (χ0) is 28.9. The van der Waals surface area contributed by atoms with Gasteiger partial charge in [0.05, 0.1) is 16.6 Å². The molecule has 204 valence electrons. The van der Waals surface area contributed by atoms with Crippen molar-refractivity contribution in [2.24, 2.45) is 0 Å². The van der Waals surface area contributed by atoms with Crippen LogP contribution in [0.2, 0.25) is 0 Å². The Bertz CT molecular complexity index is 2360. The zero-order valence-corrected chi connectivity index (χ0v) is 24.0. The number of aromatic amines is 1. The van der Waals surface area contributed by atoms with Gasteiger partial charge >= 0.3 is 0 Å². The summed E-state index contributed by atoms with van der Waals surface area (Å²) < 4.78 is 2.36. The van der Waals surface area contributed by atoms with E-state index in [-0.39, 0.29) is 0 Å². The lowest BCUT2D eigenvalue weighted by molar-refractivity contribution is 1.18. The van der Waals surface area contributed by atoms with Crippen molar-refractivity contribution in [3.8, 4) is 27.9 Å². The Morgan fingerprint density at radius 1 is 0.581 bits per heavy atom.